The zero-order valence-electron chi connectivity index (χ0n) is 12.0. The molecule has 1 aromatic heterocycles. The minimum Gasteiger partial charge on any atom is -0.382 e. The minimum atomic E-state index is 0.539. The highest BCUT2D eigenvalue weighted by molar-refractivity contribution is 5.88. The smallest absolute Gasteiger partial charge is 0.153 e. The molecule has 1 atom stereocenters. The highest BCUT2D eigenvalue weighted by Crippen LogP contribution is 2.33. The highest BCUT2D eigenvalue weighted by atomic mass is 15.3. The first-order valence-electron chi connectivity index (χ1n) is 7.62. The quantitative estimate of drug-likeness (QED) is 0.775. The lowest BCUT2D eigenvalue weighted by Gasteiger charge is -2.25. The average Bonchev–Trinajstić information content (AvgIpc) is 2.85. The molecule has 2 aromatic carbocycles. The zero-order chi connectivity index (χ0) is 14.2. The molecule has 3 aromatic rings. The highest BCUT2D eigenvalue weighted by Gasteiger charge is 2.21. The summed E-state index contributed by atoms with van der Waals surface area (Å²) in [4.78, 5) is 0. The van der Waals surface area contributed by atoms with Gasteiger partial charge in [0.2, 0.25) is 0 Å². The van der Waals surface area contributed by atoms with E-state index in [4.69, 9.17) is 5.73 Å². The van der Waals surface area contributed by atoms with Gasteiger partial charge >= 0.3 is 0 Å². The number of benzene rings is 2. The normalized spacial score (nSPS) is 17.8. The molecule has 2 N–H and O–H groups in total. The fraction of sp³-hybridized carbons (Fsp3) is 0.278. The van der Waals surface area contributed by atoms with Gasteiger partial charge in [-0.15, -0.1) is 0 Å². The molecule has 0 bridgehead atoms. The van der Waals surface area contributed by atoms with Gasteiger partial charge in [-0.25, -0.2) is 0 Å². The van der Waals surface area contributed by atoms with E-state index in [0.717, 1.165) is 17.4 Å². The molecule has 3 heteroatoms. The Kier molecular flexibility index (Phi) is 2.92. The predicted molar refractivity (Wildman–Crippen MR) is 86.3 cm³/mol. The van der Waals surface area contributed by atoms with Crippen LogP contribution in [0.2, 0.25) is 0 Å². The first kappa shape index (κ1) is 12.5. The molecule has 3 nitrogen and oxygen atoms in total. The number of rotatable bonds is 2. The summed E-state index contributed by atoms with van der Waals surface area (Å²) in [5.74, 6) is 1.17. The molecule has 0 spiro atoms. The fourth-order valence-electron chi connectivity index (χ4n) is 3.55. The molecule has 1 heterocycles. The second-order valence-electron chi connectivity index (χ2n) is 5.87. The second-order valence-corrected chi connectivity index (χ2v) is 5.87. The van der Waals surface area contributed by atoms with Gasteiger partial charge in [-0.05, 0) is 42.5 Å². The molecule has 106 valence electrons. The van der Waals surface area contributed by atoms with Crippen LogP contribution in [0.1, 0.15) is 29.9 Å². The van der Waals surface area contributed by atoms with Crippen molar-refractivity contribution in [1.29, 1.82) is 0 Å². The van der Waals surface area contributed by atoms with Gasteiger partial charge in [0.15, 0.2) is 5.82 Å². The van der Waals surface area contributed by atoms with Crippen molar-refractivity contribution in [1.82, 2.24) is 9.78 Å². The Morgan fingerprint density at radius 3 is 2.86 bits per heavy atom. The fourth-order valence-corrected chi connectivity index (χ4v) is 3.55. The largest absolute Gasteiger partial charge is 0.382 e. The molecule has 1 aliphatic rings. The number of nitrogen functional groups attached to an aromatic ring is 1. The van der Waals surface area contributed by atoms with E-state index in [2.05, 4.69) is 46.2 Å². The van der Waals surface area contributed by atoms with E-state index < -0.39 is 0 Å². The second kappa shape index (κ2) is 4.92. The van der Waals surface area contributed by atoms with Crippen LogP contribution >= 0.6 is 0 Å². The van der Waals surface area contributed by atoms with Crippen LogP contribution in [0.3, 0.4) is 0 Å². The van der Waals surface area contributed by atoms with Gasteiger partial charge in [0.05, 0.1) is 5.52 Å². The van der Waals surface area contributed by atoms with Gasteiger partial charge in [-0.3, -0.25) is 4.68 Å². The van der Waals surface area contributed by atoms with Crippen molar-refractivity contribution in [2.45, 2.75) is 31.7 Å². The lowest BCUT2D eigenvalue weighted by atomic mass is 9.83. The van der Waals surface area contributed by atoms with E-state index in [1.165, 1.54) is 30.4 Å². The lowest BCUT2D eigenvalue weighted by Crippen LogP contribution is -2.16. The van der Waals surface area contributed by atoms with Gasteiger partial charge in [-0.1, -0.05) is 36.4 Å². The molecule has 0 fully saturated rings. The van der Waals surface area contributed by atoms with E-state index in [-0.39, 0.29) is 0 Å². The van der Waals surface area contributed by atoms with Crippen LogP contribution in [0, 0.1) is 0 Å². The Balaban J connectivity index is 1.73. The van der Waals surface area contributed by atoms with Crippen molar-refractivity contribution in [3.8, 4) is 0 Å². The number of nitrogens with two attached hydrogens (primary N) is 1. The molecule has 1 aliphatic carbocycles. The number of aromatic nitrogens is 2. The minimum absolute atomic E-state index is 0.539. The summed E-state index contributed by atoms with van der Waals surface area (Å²) in [7, 11) is 0. The first-order valence-corrected chi connectivity index (χ1v) is 7.62. The summed E-state index contributed by atoms with van der Waals surface area (Å²) in [6.45, 7) is 0.911. The van der Waals surface area contributed by atoms with Crippen LogP contribution in [-0.2, 0) is 13.0 Å². The SMILES string of the molecule is Nc1nn(CC2CCCc3ccccc32)c2ccccc12. The molecular formula is C18H19N3. The molecule has 0 saturated carbocycles. The van der Waals surface area contributed by atoms with Crippen molar-refractivity contribution in [3.05, 3.63) is 59.7 Å². The molecule has 1 unspecified atom stereocenters. The van der Waals surface area contributed by atoms with Gasteiger partial charge in [0.1, 0.15) is 0 Å². The van der Waals surface area contributed by atoms with Gasteiger partial charge in [-0.2, -0.15) is 5.10 Å². The van der Waals surface area contributed by atoms with Crippen molar-refractivity contribution in [3.63, 3.8) is 0 Å². The molecule has 4 rings (SSSR count). The number of para-hydroxylation sites is 1. The first-order chi connectivity index (χ1) is 10.3. The maximum atomic E-state index is 6.04. The number of fused-ring (bicyclic) bond motifs is 2. The van der Waals surface area contributed by atoms with Gasteiger partial charge in [0, 0.05) is 17.8 Å². The summed E-state index contributed by atoms with van der Waals surface area (Å²) >= 11 is 0. The number of nitrogens with zero attached hydrogens (tertiary/aromatic N) is 2. The summed E-state index contributed by atoms with van der Waals surface area (Å²) in [6, 6.07) is 17.0. The topological polar surface area (TPSA) is 43.8 Å². The summed E-state index contributed by atoms with van der Waals surface area (Å²) in [6.07, 6.45) is 3.69. The van der Waals surface area contributed by atoms with E-state index in [0.29, 0.717) is 11.7 Å². The van der Waals surface area contributed by atoms with Crippen LogP contribution in [-0.4, -0.2) is 9.78 Å². The molecule has 0 radical (unpaired) electrons. The van der Waals surface area contributed by atoms with E-state index in [1.54, 1.807) is 0 Å². The van der Waals surface area contributed by atoms with Crippen LogP contribution in [0.4, 0.5) is 5.82 Å². The number of hydrogen-bond donors (Lipinski definition) is 1. The predicted octanol–water partition coefficient (Wildman–Crippen LogP) is 3.74. The molecule has 21 heavy (non-hydrogen) atoms. The van der Waals surface area contributed by atoms with E-state index in [1.807, 2.05) is 12.1 Å². The standard InChI is InChI=1S/C18H19N3/c19-18-16-10-3-4-11-17(16)21(20-18)12-14-8-5-7-13-6-1-2-9-15(13)14/h1-4,6,9-11,14H,5,7-8,12H2,(H2,19,20). The van der Waals surface area contributed by atoms with Gasteiger partial charge in [0.25, 0.3) is 0 Å². The summed E-state index contributed by atoms with van der Waals surface area (Å²) in [5.41, 5.74) is 10.2. The Labute approximate surface area is 124 Å². The van der Waals surface area contributed by atoms with Crippen LogP contribution in [0.5, 0.6) is 0 Å². The Morgan fingerprint density at radius 1 is 1.10 bits per heavy atom. The van der Waals surface area contributed by atoms with Crippen molar-refractivity contribution >= 4 is 16.7 Å². The maximum absolute atomic E-state index is 6.04. The van der Waals surface area contributed by atoms with Crippen LogP contribution in [0.15, 0.2) is 48.5 Å². The molecule has 0 aliphatic heterocycles. The number of aryl methyl sites for hydroxylation is 1. The van der Waals surface area contributed by atoms with Crippen molar-refractivity contribution in [2.75, 3.05) is 5.73 Å². The summed E-state index contributed by atoms with van der Waals surface area (Å²) < 4.78 is 2.08. The van der Waals surface area contributed by atoms with E-state index in [9.17, 15) is 0 Å². The average molecular weight is 277 g/mol. The molecular weight excluding hydrogens is 258 g/mol. The Hall–Kier alpha value is -2.29. The number of hydrogen-bond acceptors (Lipinski definition) is 2. The van der Waals surface area contributed by atoms with E-state index >= 15 is 0 Å². The summed E-state index contributed by atoms with van der Waals surface area (Å²) in [5, 5.41) is 5.61. The Bertz CT molecular complexity index is 788. The lowest BCUT2D eigenvalue weighted by molar-refractivity contribution is 0.466. The zero-order valence-corrected chi connectivity index (χ0v) is 12.0. The third-order valence-electron chi connectivity index (χ3n) is 4.57. The van der Waals surface area contributed by atoms with Crippen molar-refractivity contribution in [2.24, 2.45) is 0 Å². The third-order valence-corrected chi connectivity index (χ3v) is 4.57. The maximum Gasteiger partial charge on any atom is 0.153 e. The van der Waals surface area contributed by atoms with Crippen molar-refractivity contribution < 1.29 is 0 Å². The Morgan fingerprint density at radius 2 is 1.90 bits per heavy atom. The molecule has 0 saturated heterocycles. The third kappa shape index (κ3) is 2.09. The molecule has 0 amide bonds. The van der Waals surface area contributed by atoms with Crippen LogP contribution < -0.4 is 5.73 Å². The van der Waals surface area contributed by atoms with Gasteiger partial charge < -0.3 is 5.73 Å². The van der Waals surface area contributed by atoms with Crippen LogP contribution in [0.25, 0.3) is 10.9 Å². The monoisotopic (exact) mass is 277 g/mol. The number of anilines is 1.